The molecule has 0 rings (SSSR count). The second-order valence-electron chi connectivity index (χ2n) is 7.93. The number of hydrogen-bond acceptors (Lipinski definition) is 5. The summed E-state index contributed by atoms with van der Waals surface area (Å²) >= 11 is 0. The zero-order chi connectivity index (χ0) is 20.9. The van der Waals surface area contributed by atoms with Gasteiger partial charge in [-0.15, -0.1) is 0 Å². The number of carbonyl (C=O) groups is 2. The molecule has 28 heavy (non-hydrogen) atoms. The average Bonchev–Trinajstić information content (AvgIpc) is 2.69. The van der Waals surface area contributed by atoms with Gasteiger partial charge in [0.1, 0.15) is 24.9 Å². The fraction of sp³-hybridized carbons (Fsp3) is 0.913. The summed E-state index contributed by atoms with van der Waals surface area (Å²) in [6.45, 7) is 1.54. The zero-order valence-electron chi connectivity index (χ0n) is 18.1. The highest BCUT2D eigenvalue weighted by Crippen LogP contribution is 2.14. The number of carbonyl (C=O) groups excluding carboxylic acids is 2. The van der Waals surface area contributed by atoms with Crippen molar-refractivity contribution in [3.8, 4) is 0 Å². The third kappa shape index (κ3) is 19.8. The van der Waals surface area contributed by atoms with E-state index in [9.17, 15) is 9.59 Å². The summed E-state index contributed by atoms with van der Waals surface area (Å²) in [5, 5.41) is 17.7. The van der Waals surface area contributed by atoms with Gasteiger partial charge in [-0.05, 0) is 6.42 Å². The van der Waals surface area contributed by atoms with E-state index in [0.717, 1.165) is 19.3 Å². The molecule has 0 aliphatic heterocycles. The van der Waals surface area contributed by atoms with Gasteiger partial charge in [-0.3, -0.25) is 9.59 Å². The van der Waals surface area contributed by atoms with Gasteiger partial charge in [-0.25, -0.2) is 0 Å². The van der Waals surface area contributed by atoms with Crippen molar-refractivity contribution in [2.24, 2.45) is 0 Å². The molecule has 166 valence electrons. The number of aliphatic hydroxyl groups is 2. The van der Waals surface area contributed by atoms with E-state index in [0.29, 0.717) is 6.42 Å². The molecular formula is C23H44O5. The van der Waals surface area contributed by atoms with Crippen LogP contribution in [0.15, 0.2) is 0 Å². The van der Waals surface area contributed by atoms with Crippen LogP contribution in [0.1, 0.15) is 116 Å². The van der Waals surface area contributed by atoms with Crippen molar-refractivity contribution in [1.29, 1.82) is 0 Å². The molecule has 1 unspecified atom stereocenters. The summed E-state index contributed by atoms with van der Waals surface area (Å²) in [6.07, 6.45) is 18.4. The molecule has 2 N–H and O–H groups in total. The Hall–Kier alpha value is -0.940. The minimum absolute atomic E-state index is 0.113. The van der Waals surface area contributed by atoms with Gasteiger partial charge in [0.15, 0.2) is 0 Å². The monoisotopic (exact) mass is 400 g/mol. The quantitative estimate of drug-likeness (QED) is 0.159. The Balaban J connectivity index is 3.28. The predicted molar refractivity (Wildman–Crippen MR) is 113 cm³/mol. The van der Waals surface area contributed by atoms with Crippen molar-refractivity contribution in [2.45, 2.75) is 122 Å². The lowest BCUT2D eigenvalue weighted by Gasteiger charge is -2.08. The molecule has 0 aliphatic carbocycles. The Bertz CT molecular complexity index is 370. The smallest absolute Gasteiger partial charge is 0.313 e. The van der Waals surface area contributed by atoms with E-state index in [1.54, 1.807) is 0 Å². The first kappa shape index (κ1) is 27.1. The molecule has 0 aromatic heterocycles. The topological polar surface area (TPSA) is 83.8 Å². The second kappa shape index (κ2) is 20.8. The van der Waals surface area contributed by atoms with E-state index in [1.807, 2.05) is 0 Å². The molecule has 1 atom stereocenters. The Labute approximate surface area is 172 Å². The largest absolute Gasteiger partial charge is 0.463 e. The highest BCUT2D eigenvalue weighted by atomic mass is 16.5. The van der Waals surface area contributed by atoms with Crippen LogP contribution in [0.25, 0.3) is 0 Å². The first-order chi connectivity index (χ1) is 13.6. The predicted octanol–water partition coefficient (Wildman–Crippen LogP) is 5.10. The van der Waals surface area contributed by atoms with E-state index < -0.39 is 18.7 Å². The molecule has 0 aliphatic rings. The van der Waals surface area contributed by atoms with Crippen LogP contribution in [-0.4, -0.2) is 41.3 Å². The SMILES string of the molecule is CCCCCCCCCCCCCCCCCC(=O)CC(=O)OCC(O)CO. The molecule has 0 saturated heterocycles. The lowest BCUT2D eigenvalue weighted by Crippen LogP contribution is -2.23. The molecule has 5 nitrogen and oxygen atoms in total. The first-order valence-corrected chi connectivity index (χ1v) is 11.6. The van der Waals surface area contributed by atoms with E-state index in [1.165, 1.54) is 77.0 Å². The van der Waals surface area contributed by atoms with Crippen LogP contribution in [0, 0.1) is 0 Å². The van der Waals surface area contributed by atoms with Crippen LogP contribution >= 0.6 is 0 Å². The lowest BCUT2D eigenvalue weighted by atomic mass is 10.0. The summed E-state index contributed by atoms with van der Waals surface area (Å²) in [5.41, 5.74) is 0. The molecule has 0 amide bonds. The lowest BCUT2D eigenvalue weighted by molar-refractivity contribution is -0.149. The van der Waals surface area contributed by atoms with E-state index in [4.69, 9.17) is 14.9 Å². The first-order valence-electron chi connectivity index (χ1n) is 11.6. The number of Topliss-reactive ketones (excluding diaryl/α,β-unsaturated/α-hetero) is 1. The third-order valence-corrected chi connectivity index (χ3v) is 5.05. The standard InChI is InChI=1S/C23H44O5/c1-2-3-4-5-6-7-8-9-10-11-12-13-14-15-16-17-21(25)18-23(27)28-20-22(26)19-24/h22,24,26H,2-20H2,1H3. The molecule has 0 spiro atoms. The molecular weight excluding hydrogens is 356 g/mol. The summed E-state index contributed by atoms with van der Waals surface area (Å²) in [4.78, 5) is 23.1. The molecule has 0 bridgehead atoms. The summed E-state index contributed by atoms with van der Waals surface area (Å²) in [6, 6.07) is 0. The van der Waals surface area contributed by atoms with Crippen molar-refractivity contribution < 1.29 is 24.5 Å². The molecule has 5 heteroatoms. The van der Waals surface area contributed by atoms with Gasteiger partial charge >= 0.3 is 5.97 Å². The Kier molecular flexibility index (Phi) is 20.1. The van der Waals surface area contributed by atoms with Crippen molar-refractivity contribution in [3.05, 3.63) is 0 Å². The molecule has 0 aromatic carbocycles. The molecule has 0 heterocycles. The number of hydrogen-bond donors (Lipinski definition) is 2. The fourth-order valence-corrected chi connectivity index (χ4v) is 3.24. The van der Waals surface area contributed by atoms with Gasteiger partial charge < -0.3 is 14.9 Å². The minimum atomic E-state index is -1.07. The van der Waals surface area contributed by atoms with Crippen LogP contribution < -0.4 is 0 Å². The number of ether oxygens (including phenoxy) is 1. The van der Waals surface area contributed by atoms with E-state index >= 15 is 0 Å². The van der Waals surface area contributed by atoms with Crippen molar-refractivity contribution in [2.75, 3.05) is 13.2 Å². The van der Waals surface area contributed by atoms with Gasteiger partial charge in [-0.2, -0.15) is 0 Å². The van der Waals surface area contributed by atoms with Crippen molar-refractivity contribution in [3.63, 3.8) is 0 Å². The van der Waals surface area contributed by atoms with Crippen LogP contribution in [0.5, 0.6) is 0 Å². The average molecular weight is 401 g/mol. The number of esters is 1. The maximum atomic E-state index is 11.7. The van der Waals surface area contributed by atoms with Crippen LogP contribution in [0.4, 0.5) is 0 Å². The molecule has 0 aromatic rings. The van der Waals surface area contributed by atoms with Crippen LogP contribution in [0.2, 0.25) is 0 Å². The Morgan fingerprint density at radius 1 is 0.750 bits per heavy atom. The third-order valence-electron chi connectivity index (χ3n) is 5.05. The fourth-order valence-electron chi connectivity index (χ4n) is 3.24. The number of rotatable bonds is 21. The molecule has 0 saturated carbocycles. The van der Waals surface area contributed by atoms with E-state index in [-0.39, 0.29) is 18.8 Å². The maximum Gasteiger partial charge on any atom is 0.313 e. The zero-order valence-corrected chi connectivity index (χ0v) is 18.1. The van der Waals surface area contributed by atoms with Gasteiger partial charge in [0, 0.05) is 6.42 Å². The minimum Gasteiger partial charge on any atom is -0.463 e. The Morgan fingerprint density at radius 2 is 1.18 bits per heavy atom. The second-order valence-corrected chi connectivity index (χ2v) is 7.93. The highest BCUT2D eigenvalue weighted by Gasteiger charge is 2.12. The maximum absolute atomic E-state index is 11.7. The molecule has 0 fully saturated rings. The summed E-state index contributed by atoms with van der Waals surface area (Å²) in [5.74, 6) is -0.739. The van der Waals surface area contributed by atoms with Crippen molar-refractivity contribution in [1.82, 2.24) is 0 Å². The van der Waals surface area contributed by atoms with Gasteiger partial charge in [-0.1, -0.05) is 96.8 Å². The van der Waals surface area contributed by atoms with Crippen molar-refractivity contribution >= 4 is 11.8 Å². The van der Waals surface area contributed by atoms with Gasteiger partial charge in [0.05, 0.1) is 6.61 Å². The van der Waals surface area contributed by atoms with Gasteiger partial charge in [0.2, 0.25) is 0 Å². The Morgan fingerprint density at radius 3 is 1.61 bits per heavy atom. The number of unbranched alkanes of at least 4 members (excludes halogenated alkanes) is 14. The highest BCUT2D eigenvalue weighted by molar-refractivity contribution is 5.95. The normalized spacial score (nSPS) is 12.1. The van der Waals surface area contributed by atoms with Gasteiger partial charge in [0.25, 0.3) is 0 Å². The summed E-state index contributed by atoms with van der Waals surface area (Å²) in [7, 11) is 0. The van der Waals surface area contributed by atoms with Crippen LogP contribution in [0.3, 0.4) is 0 Å². The molecule has 0 radical (unpaired) electrons. The summed E-state index contributed by atoms with van der Waals surface area (Å²) < 4.78 is 4.72. The van der Waals surface area contributed by atoms with Crippen LogP contribution in [-0.2, 0) is 14.3 Å². The van der Waals surface area contributed by atoms with E-state index in [2.05, 4.69) is 6.92 Å². The number of aliphatic hydroxyl groups excluding tert-OH is 2. The number of ketones is 1.